The van der Waals surface area contributed by atoms with E-state index in [2.05, 4.69) is 16.7 Å². The summed E-state index contributed by atoms with van der Waals surface area (Å²) >= 11 is 12.0. The topological polar surface area (TPSA) is 60.2 Å². The van der Waals surface area contributed by atoms with Gasteiger partial charge in [-0.05, 0) is 12.1 Å². The minimum absolute atomic E-state index is 0.307. The summed E-state index contributed by atoms with van der Waals surface area (Å²) in [5.74, 6) is 0. The van der Waals surface area contributed by atoms with Crippen LogP contribution in [0.4, 0.5) is 0 Å². The summed E-state index contributed by atoms with van der Waals surface area (Å²) in [7, 11) is 1.45. The van der Waals surface area contributed by atoms with E-state index in [1.807, 2.05) is 0 Å². The Bertz CT molecular complexity index is 604. The van der Waals surface area contributed by atoms with E-state index < -0.39 is 11.8 Å². The molecule has 2 aromatic rings. The summed E-state index contributed by atoms with van der Waals surface area (Å²) in [5, 5.41) is 15.7. The van der Waals surface area contributed by atoms with Crippen LogP contribution in [-0.2, 0) is 10.3 Å². The number of aliphatic hydroxyl groups is 1. The Morgan fingerprint density at radius 1 is 1.50 bits per heavy atom. The minimum Gasteiger partial charge on any atom is -0.376 e. The Balaban J connectivity index is 2.54. The molecule has 0 bridgehead atoms. The van der Waals surface area contributed by atoms with Crippen molar-refractivity contribution in [3.63, 3.8) is 0 Å². The molecule has 2 atom stereocenters. The Morgan fingerprint density at radius 2 is 2.25 bits per heavy atom. The summed E-state index contributed by atoms with van der Waals surface area (Å²) in [6, 6.07) is 4.79. The van der Waals surface area contributed by atoms with Crippen LogP contribution in [0.15, 0.2) is 43.5 Å². The molecule has 0 amide bonds. The first kappa shape index (κ1) is 15.0. The van der Waals surface area contributed by atoms with E-state index in [-0.39, 0.29) is 0 Å². The molecule has 0 aliphatic heterocycles. The third-order valence-electron chi connectivity index (χ3n) is 2.95. The van der Waals surface area contributed by atoms with Crippen molar-refractivity contribution in [3.8, 4) is 0 Å². The molecule has 0 radical (unpaired) electrons. The van der Waals surface area contributed by atoms with E-state index >= 15 is 0 Å². The Kier molecular flexibility index (Phi) is 4.45. The Labute approximate surface area is 126 Å². The number of halogens is 2. The molecule has 5 nitrogen and oxygen atoms in total. The molecule has 0 fully saturated rings. The molecule has 2 unspecified atom stereocenters. The SMILES string of the molecule is C=CC(O)(c1ccc(Cl)cc1Cl)C(OC)n1cncn1. The van der Waals surface area contributed by atoms with Crippen LogP contribution >= 0.6 is 23.2 Å². The maximum absolute atomic E-state index is 10.9. The molecular formula is C13H13Cl2N3O2. The molecule has 1 aromatic carbocycles. The molecule has 1 aromatic heterocycles. The van der Waals surface area contributed by atoms with Crippen LogP contribution in [-0.4, -0.2) is 27.0 Å². The van der Waals surface area contributed by atoms with E-state index in [1.54, 1.807) is 18.2 Å². The molecule has 2 rings (SSSR count). The first-order valence-electron chi connectivity index (χ1n) is 5.71. The van der Waals surface area contributed by atoms with Gasteiger partial charge in [0.2, 0.25) is 0 Å². The highest BCUT2D eigenvalue weighted by atomic mass is 35.5. The molecule has 1 heterocycles. The van der Waals surface area contributed by atoms with Crippen LogP contribution in [0.25, 0.3) is 0 Å². The molecule has 106 valence electrons. The van der Waals surface area contributed by atoms with Gasteiger partial charge in [0, 0.05) is 22.7 Å². The van der Waals surface area contributed by atoms with Gasteiger partial charge >= 0.3 is 0 Å². The summed E-state index contributed by atoms with van der Waals surface area (Å²) < 4.78 is 6.72. The van der Waals surface area contributed by atoms with Crippen LogP contribution in [0.3, 0.4) is 0 Å². The average Bonchev–Trinajstić information content (AvgIpc) is 2.93. The predicted molar refractivity (Wildman–Crippen MR) is 76.6 cm³/mol. The number of hydrogen-bond donors (Lipinski definition) is 1. The van der Waals surface area contributed by atoms with E-state index in [9.17, 15) is 5.11 Å². The van der Waals surface area contributed by atoms with Gasteiger partial charge in [0.05, 0.1) is 0 Å². The smallest absolute Gasteiger partial charge is 0.187 e. The highest BCUT2D eigenvalue weighted by Crippen LogP contribution is 2.39. The molecule has 0 saturated carbocycles. The lowest BCUT2D eigenvalue weighted by atomic mass is 9.91. The summed E-state index contributed by atoms with van der Waals surface area (Å²) in [5.41, 5.74) is -1.16. The zero-order valence-electron chi connectivity index (χ0n) is 10.7. The second kappa shape index (κ2) is 5.93. The van der Waals surface area contributed by atoms with Gasteiger partial charge in [0.1, 0.15) is 12.7 Å². The highest BCUT2D eigenvalue weighted by Gasteiger charge is 2.39. The maximum atomic E-state index is 10.9. The minimum atomic E-state index is -1.58. The number of hydrogen-bond acceptors (Lipinski definition) is 4. The largest absolute Gasteiger partial charge is 0.376 e. The summed E-state index contributed by atoms with van der Waals surface area (Å²) in [6.07, 6.45) is 3.27. The maximum Gasteiger partial charge on any atom is 0.187 e. The third-order valence-corrected chi connectivity index (χ3v) is 3.50. The van der Waals surface area contributed by atoms with E-state index in [0.717, 1.165) is 0 Å². The number of methoxy groups -OCH3 is 1. The van der Waals surface area contributed by atoms with Crippen LogP contribution in [0.5, 0.6) is 0 Å². The van der Waals surface area contributed by atoms with Crippen molar-refractivity contribution in [2.45, 2.75) is 11.8 Å². The van der Waals surface area contributed by atoms with Crippen LogP contribution < -0.4 is 0 Å². The van der Waals surface area contributed by atoms with Gasteiger partial charge in [0.15, 0.2) is 11.8 Å². The quantitative estimate of drug-likeness (QED) is 0.862. The molecule has 0 aliphatic carbocycles. The van der Waals surface area contributed by atoms with E-state index in [4.69, 9.17) is 27.9 Å². The Hall–Kier alpha value is -1.40. The van der Waals surface area contributed by atoms with E-state index in [0.29, 0.717) is 15.6 Å². The van der Waals surface area contributed by atoms with Gasteiger partial charge in [-0.25, -0.2) is 9.67 Å². The molecule has 1 N–H and O–H groups in total. The number of rotatable bonds is 5. The molecule has 0 spiro atoms. The van der Waals surface area contributed by atoms with Crippen molar-refractivity contribution >= 4 is 23.2 Å². The van der Waals surface area contributed by atoms with Crippen LogP contribution in [0.2, 0.25) is 10.0 Å². The van der Waals surface area contributed by atoms with Crippen molar-refractivity contribution in [2.24, 2.45) is 0 Å². The average molecular weight is 314 g/mol. The van der Waals surface area contributed by atoms with Crippen molar-refractivity contribution in [2.75, 3.05) is 7.11 Å². The van der Waals surface area contributed by atoms with Crippen molar-refractivity contribution < 1.29 is 9.84 Å². The van der Waals surface area contributed by atoms with Crippen molar-refractivity contribution in [1.29, 1.82) is 0 Å². The van der Waals surface area contributed by atoms with Crippen molar-refractivity contribution in [3.05, 3.63) is 59.1 Å². The molecule has 0 saturated heterocycles. The fraction of sp³-hybridized carbons (Fsp3) is 0.231. The zero-order chi connectivity index (χ0) is 14.8. The van der Waals surface area contributed by atoms with Crippen LogP contribution in [0, 0.1) is 0 Å². The van der Waals surface area contributed by atoms with Gasteiger partial charge in [-0.1, -0.05) is 41.9 Å². The molecule has 0 aliphatic rings. The fourth-order valence-electron chi connectivity index (χ4n) is 1.99. The molecule has 20 heavy (non-hydrogen) atoms. The number of nitrogens with zero attached hydrogens (tertiary/aromatic N) is 3. The lowest BCUT2D eigenvalue weighted by molar-refractivity contribution is -0.115. The second-order valence-corrected chi connectivity index (χ2v) is 4.96. The second-order valence-electron chi connectivity index (χ2n) is 4.12. The first-order chi connectivity index (χ1) is 9.52. The first-order valence-corrected chi connectivity index (χ1v) is 6.47. The molecule has 7 heteroatoms. The monoisotopic (exact) mass is 313 g/mol. The predicted octanol–water partition coefficient (Wildman–Crippen LogP) is 2.80. The van der Waals surface area contributed by atoms with Gasteiger partial charge < -0.3 is 9.84 Å². The van der Waals surface area contributed by atoms with Crippen molar-refractivity contribution in [1.82, 2.24) is 14.8 Å². The third kappa shape index (κ3) is 2.58. The van der Waals surface area contributed by atoms with E-state index in [1.165, 1.54) is 30.5 Å². The highest BCUT2D eigenvalue weighted by molar-refractivity contribution is 6.35. The Morgan fingerprint density at radius 3 is 2.75 bits per heavy atom. The summed E-state index contributed by atoms with van der Waals surface area (Å²) in [4.78, 5) is 3.84. The van der Waals surface area contributed by atoms with Gasteiger partial charge in [-0.3, -0.25) is 0 Å². The number of ether oxygens (including phenoxy) is 1. The van der Waals surface area contributed by atoms with Gasteiger partial charge in [-0.2, -0.15) is 5.10 Å². The van der Waals surface area contributed by atoms with Crippen LogP contribution in [0.1, 0.15) is 11.8 Å². The van der Waals surface area contributed by atoms with Gasteiger partial charge in [0.25, 0.3) is 0 Å². The number of benzene rings is 1. The zero-order valence-corrected chi connectivity index (χ0v) is 12.2. The summed E-state index contributed by atoms with van der Waals surface area (Å²) in [6.45, 7) is 3.67. The number of aromatic nitrogens is 3. The molecular weight excluding hydrogens is 301 g/mol. The normalized spacial score (nSPS) is 15.6. The lowest BCUT2D eigenvalue weighted by Gasteiger charge is -2.33. The lowest BCUT2D eigenvalue weighted by Crippen LogP contribution is -2.37. The standard InChI is InChI=1S/C13H13Cl2N3O2/c1-3-13(19,10-5-4-9(14)6-11(10)15)12(20-2)18-8-16-7-17-18/h3-8,12,19H,1H2,2H3. The van der Waals surface area contributed by atoms with Gasteiger partial charge in [-0.15, -0.1) is 0 Å². The fourth-order valence-corrected chi connectivity index (χ4v) is 2.55.